The predicted molar refractivity (Wildman–Crippen MR) is 93.7 cm³/mol. The maximum atomic E-state index is 11.9. The molecular formula is C20H32O4. The summed E-state index contributed by atoms with van der Waals surface area (Å²) in [5, 5.41) is 18.8. The quantitative estimate of drug-likeness (QED) is 0.687. The Bertz CT molecular complexity index is 538. The third kappa shape index (κ3) is 3.38. The number of aliphatic carboxylic acids is 2. The molecule has 1 fully saturated rings. The van der Waals surface area contributed by atoms with E-state index in [4.69, 9.17) is 5.11 Å². The summed E-state index contributed by atoms with van der Waals surface area (Å²) in [6, 6.07) is 0. The van der Waals surface area contributed by atoms with E-state index >= 15 is 0 Å². The van der Waals surface area contributed by atoms with Gasteiger partial charge in [-0.15, -0.1) is 0 Å². The molecule has 0 amide bonds. The zero-order chi connectivity index (χ0) is 18.1. The summed E-state index contributed by atoms with van der Waals surface area (Å²) in [6.07, 6.45) is 7.89. The molecule has 0 aliphatic heterocycles. The van der Waals surface area contributed by atoms with Gasteiger partial charge in [0.25, 0.3) is 0 Å². The van der Waals surface area contributed by atoms with Crippen molar-refractivity contribution in [2.45, 2.75) is 72.6 Å². The fourth-order valence-corrected chi connectivity index (χ4v) is 4.91. The SMILES string of the molecule is CC(CCC1(C)C2=CCCC(C)(C(=O)O)C2CCC1C)CC(=O)O. The van der Waals surface area contributed by atoms with Gasteiger partial charge in [0, 0.05) is 6.42 Å². The fraction of sp³-hybridized carbons (Fsp3) is 0.800. The second kappa shape index (κ2) is 6.89. The monoisotopic (exact) mass is 336 g/mol. The highest BCUT2D eigenvalue weighted by atomic mass is 16.4. The first-order valence-corrected chi connectivity index (χ1v) is 9.27. The molecule has 5 unspecified atom stereocenters. The van der Waals surface area contributed by atoms with Crippen LogP contribution < -0.4 is 0 Å². The first-order valence-electron chi connectivity index (χ1n) is 9.27. The van der Waals surface area contributed by atoms with E-state index in [-0.39, 0.29) is 23.7 Å². The lowest BCUT2D eigenvalue weighted by atomic mass is 9.51. The van der Waals surface area contributed by atoms with Gasteiger partial charge in [-0.25, -0.2) is 0 Å². The number of hydrogen-bond acceptors (Lipinski definition) is 2. The Morgan fingerprint density at radius 3 is 2.54 bits per heavy atom. The third-order valence-corrected chi connectivity index (χ3v) is 6.98. The van der Waals surface area contributed by atoms with Crippen LogP contribution in [0.25, 0.3) is 0 Å². The number of carboxylic acid groups (broad SMARTS) is 2. The van der Waals surface area contributed by atoms with E-state index in [1.807, 2.05) is 13.8 Å². The maximum Gasteiger partial charge on any atom is 0.309 e. The zero-order valence-electron chi connectivity index (χ0n) is 15.5. The molecule has 2 rings (SSSR count). The minimum absolute atomic E-state index is 0.00713. The van der Waals surface area contributed by atoms with Crippen molar-refractivity contribution < 1.29 is 19.8 Å². The van der Waals surface area contributed by atoms with Gasteiger partial charge in [-0.05, 0) is 68.6 Å². The largest absolute Gasteiger partial charge is 0.481 e. The summed E-state index contributed by atoms with van der Waals surface area (Å²) in [5.74, 6) is -0.623. The normalized spacial score (nSPS) is 37.2. The molecule has 0 heterocycles. The molecule has 4 nitrogen and oxygen atoms in total. The number of rotatable bonds is 6. The highest BCUT2D eigenvalue weighted by molar-refractivity contribution is 5.75. The molecule has 0 bridgehead atoms. The van der Waals surface area contributed by atoms with E-state index in [2.05, 4.69) is 19.9 Å². The summed E-state index contributed by atoms with van der Waals surface area (Å²) < 4.78 is 0. The average Bonchev–Trinajstić information content (AvgIpc) is 2.49. The van der Waals surface area contributed by atoms with Crippen LogP contribution in [0.2, 0.25) is 0 Å². The molecular weight excluding hydrogens is 304 g/mol. The number of allylic oxidation sites excluding steroid dienone is 2. The van der Waals surface area contributed by atoms with Gasteiger partial charge in [0.15, 0.2) is 0 Å². The maximum absolute atomic E-state index is 11.9. The first-order chi connectivity index (χ1) is 11.1. The van der Waals surface area contributed by atoms with Crippen molar-refractivity contribution in [1.82, 2.24) is 0 Å². The Balaban J connectivity index is 2.22. The molecule has 2 aliphatic carbocycles. The molecule has 24 heavy (non-hydrogen) atoms. The molecule has 0 aromatic carbocycles. The van der Waals surface area contributed by atoms with Crippen molar-refractivity contribution in [3.05, 3.63) is 11.6 Å². The Hall–Kier alpha value is -1.32. The zero-order valence-corrected chi connectivity index (χ0v) is 15.5. The van der Waals surface area contributed by atoms with Crippen LogP contribution in [0.4, 0.5) is 0 Å². The molecule has 0 spiro atoms. The molecule has 0 aromatic heterocycles. The molecule has 136 valence electrons. The highest BCUT2D eigenvalue weighted by Gasteiger charge is 2.52. The average molecular weight is 336 g/mol. The van der Waals surface area contributed by atoms with Crippen LogP contribution in [0.3, 0.4) is 0 Å². The Morgan fingerprint density at radius 2 is 1.96 bits per heavy atom. The van der Waals surface area contributed by atoms with E-state index in [1.165, 1.54) is 5.57 Å². The van der Waals surface area contributed by atoms with Crippen molar-refractivity contribution in [2.75, 3.05) is 0 Å². The van der Waals surface area contributed by atoms with Gasteiger partial charge < -0.3 is 10.2 Å². The molecule has 2 aliphatic rings. The van der Waals surface area contributed by atoms with Gasteiger partial charge >= 0.3 is 11.9 Å². The van der Waals surface area contributed by atoms with Crippen LogP contribution in [0, 0.1) is 28.6 Å². The van der Waals surface area contributed by atoms with Gasteiger partial charge in [-0.1, -0.05) is 32.4 Å². The molecule has 1 saturated carbocycles. The standard InChI is InChI=1S/C20H32O4/c1-13(12-17(21)22)9-11-19(3)14(2)7-8-16-15(19)6-5-10-20(16,4)18(23)24/h6,13-14,16H,5,7-12H2,1-4H3,(H,21,22)(H,23,24). The second-order valence-electron chi connectivity index (χ2n) is 8.61. The molecule has 0 aromatic rings. The summed E-state index contributed by atoms with van der Waals surface area (Å²) >= 11 is 0. The summed E-state index contributed by atoms with van der Waals surface area (Å²) in [4.78, 5) is 22.8. The Labute approximate surface area is 145 Å². The third-order valence-electron chi connectivity index (χ3n) is 6.98. The fourth-order valence-electron chi connectivity index (χ4n) is 4.91. The highest BCUT2D eigenvalue weighted by Crippen LogP contribution is 2.58. The minimum atomic E-state index is -0.738. The molecule has 2 N–H and O–H groups in total. The summed E-state index contributed by atoms with van der Waals surface area (Å²) in [6.45, 7) is 8.46. The summed E-state index contributed by atoms with van der Waals surface area (Å²) in [7, 11) is 0. The van der Waals surface area contributed by atoms with Gasteiger partial charge in [0.05, 0.1) is 5.41 Å². The molecule has 4 heteroatoms. The molecule has 5 atom stereocenters. The van der Waals surface area contributed by atoms with Crippen molar-refractivity contribution in [2.24, 2.45) is 28.6 Å². The predicted octanol–water partition coefficient (Wildman–Crippen LogP) is 4.74. The van der Waals surface area contributed by atoms with Crippen LogP contribution in [0.5, 0.6) is 0 Å². The topological polar surface area (TPSA) is 74.6 Å². The van der Waals surface area contributed by atoms with Crippen molar-refractivity contribution in [3.63, 3.8) is 0 Å². The van der Waals surface area contributed by atoms with E-state index in [1.54, 1.807) is 0 Å². The van der Waals surface area contributed by atoms with Crippen LogP contribution in [0.15, 0.2) is 11.6 Å². The summed E-state index contributed by atoms with van der Waals surface area (Å²) in [5.41, 5.74) is 0.672. The van der Waals surface area contributed by atoms with E-state index in [0.29, 0.717) is 5.92 Å². The van der Waals surface area contributed by atoms with Gasteiger partial charge in [0.2, 0.25) is 0 Å². The lowest BCUT2D eigenvalue weighted by Crippen LogP contribution is -2.47. The molecule has 0 saturated heterocycles. The van der Waals surface area contributed by atoms with Gasteiger partial charge in [-0.2, -0.15) is 0 Å². The number of carboxylic acids is 2. The van der Waals surface area contributed by atoms with Crippen LogP contribution in [0.1, 0.15) is 72.6 Å². The van der Waals surface area contributed by atoms with Crippen molar-refractivity contribution in [3.8, 4) is 0 Å². The molecule has 0 radical (unpaired) electrons. The van der Waals surface area contributed by atoms with E-state index < -0.39 is 17.4 Å². The van der Waals surface area contributed by atoms with E-state index in [0.717, 1.165) is 38.5 Å². The van der Waals surface area contributed by atoms with Crippen molar-refractivity contribution >= 4 is 11.9 Å². The van der Waals surface area contributed by atoms with Gasteiger partial charge in [-0.3, -0.25) is 9.59 Å². The smallest absolute Gasteiger partial charge is 0.309 e. The van der Waals surface area contributed by atoms with Crippen LogP contribution in [-0.2, 0) is 9.59 Å². The minimum Gasteiger partial charge on any atom is -0.481 e. The number of fused-ring (bicyclic) bond motifs is 1. The van der Waals surface area contributed by atoms with Gasteiger partial charge in [0.1, 0.15) is 0 Å². The number of carbonyl (C=O) groups is 2. The number of hydrogen-bond donors (Lipinski definition) is 2. The van der Waals surface area contributed by atoms with Crippen LogP contribution >= 0.6 is 0 Å². The van der Waals surface area contributed by atoms with Crippen LogP contribution in [-0.4, -0.2) is 22.2 Å². The van der Waals surface area contributed by atoms with E-state index in [9.17, 15) is 14.7 Å². The lowest BCUT2D eigenvalue weighted by Gasteiger charge is -2.52. The Kier molecular flexibility index (Phi) is 5.46. The second-order valence-corrected chi connectivity index (χ2v) is 8.61. The Morgan fingerprint density at radius 1 is 1.29 bits per heavy atom. The van der Waals surface area contributed by atoms with Crippen molar-refractivity contribution in [1.29, 1.82) is 0 Å². The first kappa shape index (κ1) is 19.0. The lowest BCUT2D eigenvalue weighted by molar-refractivity contribution is -0.153.